The van der Waals surface area contributed by atoms with Crippen LogP contribution in [0.1, 0.15) is 60.7 Å². The number of benzene rings is 2. The Bertz CT molecular complexity index is 1080. The van der Waals surface area contributed by atoms with Crippen LogP contribution in [0.15, 0.2) is 36.4 Å². The first-order valence-electron chi connectivity index (χ1n) is 12.0. The van der Waals surface area contributed by atoms with E-state index in [0.717, 1.165) is 0 Å². The number of hydrogen-bond acceptors (Lipinski definition) is 2. The molecule has 0 saturated carbocycles. The van der Waals surface area contributed by atoms with E-state index in [1.807, 2.05) is 0 Å². The van der Waals surface area contributed by atoms with Crippen LogP contribution in [-0.2, 0) is 12.4 Å². The van der Waals surface area contributed by atoms with Gasteiger partial charge in [-0.3, -0.25) is 0 Å². The molecule has 11 heteroatoms. The van der Waals surface area contributed by atoms with E-state index in [1.165, 1.54) is 17.0 Å². The highest BCUT2D eigenvalue weighted by Gasteiger charge is 2.40. The van der Waals surface area contributed by atoms with E-state index in [0.29, 0.717) is 36.3 Å². The topological polar surface area (TPSA) is 35.6 Å². The summed E-state index contributed by atoms with van der Waals surface area (Å²) in [5.74, 6) is -0.926. The van der Waals surface area contributed by atoms with Crippen LogP contribution >= 0.6 is 0 Å². The molecule has 0 spiro atoms. The van der Waals surface area contributed by atoms with Gasteiger partial charge >= 0.3 is 18.4 Å². The first kappa shape index (κ1) is 28.7. The lowest BCUT2D eigenvalue weighted by molar-refractivity contribution is -0.143. The number of piperazine rings is 1. The lowest BCUT2D eigenvalue weighted by atomic mass is 9.91. The van der Waals surface area contributed by atoms with Crippen LogP contribution < -0.4 is 5.32 Å². The van der Waals surface area contributed by atoms with Crippen molar-refractivity contribution in [2.45, 2.75) is 52.1 Å². The van der Waals surface area contributed by atoms with Crippen LogP contribution in [0.2, 0.25) is 0 Å². The zero-order valence-corrected chi connectivity index (χ0v) is 21.0. The van der Waals surface area contributed by atoms with Gasteiger partial charge in [-0.2, -0.15) is 26.3 Å². The minimum atomic E-state index is -5.00. The molecule has 0 bridgehead atoms. The summed E-state index contributed by atoms with van der Waals surface area (Å²) in [7, 11) is 0. The van der Waals surface area contributed by atoms with Crippen LogP contribution in [0.3, 0.4) is 0 Å². The smallest absolute Gasteiger partial charge is 0.318 e. The maximum atomic E-state index is 13.9. The quantitative estimate of drug-likeness (QED) is 0.422. The van der Waals surface area contributed by atoms with E-state index in [1.54, 1.807) is 38.7 Å². The number of aryl methyl sites for hydroxylation is 1. The number of rotatable bonds is 5. The molecular formula is C26H30F7N3O. The van der Waals surface area contributed by atoms with Crippen molar-refractivity contribution in [1.29, 1.82) is 0 Å². The molecule has 1 fully saturated rings. The Labute approximate surface area is 211 Å². The summed E-state index contributed by atoms with van der Waals surface area (Å²) in [5, 5.41) is 3.19. The lowest BCUT2D eigenvalue weighted by Crippen LogP contribution is -2.54. The van der Waals surface area contributed by atoms with E-state index in [-0.39, 0.29) is 24.7 Å². The highest BCUT2D eigenvalue weighted by molar-refractivity contribution is 5.76. The zero-order valence-electron chi connectivity index (χ0n) is 21.0. The monoisotopic (exact) mass is 533 g/mol. The fraction of sp³-hybridized carbons (Fsp3) is 0.500. The molecule has 1 N–H and O–H groups in total. The highest BCUT2D eigenvalue weighted by Crippen LogP contribution is 2.40. The van der Waals surface area contributed by atoms with Gasteiger partial charge in [0, 0.05) is 26.2 Å². The van der Waals surface area contributed by atoms with Crippen LogP contribution in [0, 0.1) is 18.7 Å². The van der Waals surface area contributed by atoms with E-state index >= 15 is 0 Å². The second kappa shape index (κ2) is 10.9. The van der Waals surface area contributed by atoms with Gasteiger partial charge in [-0.05, 0) is 66.8 Å². The number of urea groups is 1. The van der Waals surface area contributed by atoms with Gasteiger partial charge in [0.1, 0.15) is 5.82 Å². The SMILES string of the molecule is CCN(C(=O)N1CCNCC1c1ccc(F)cc1C)C(c1cc(C(F)(F)F)cc(C(F)(F)F)c1)C(C)C. The summed E-state index contributed by atoms with van der Waals surface area (Å²) in [6.07, 6.45) is -10.00. The van der Waals surface area contributed by atoms with Gasteiger partial charge in [0.2, 0.25) is 0 Å². The third kappa shape index (κ3) is 6.37. The standard InChI is InChI=1S/C26H30F7N3O/c1-5-35(24(37)36-9-8-34-14-22(36)21-7-6-20(27)10-16(21)4)23(15(2)3)17-11-18(25(28,29)30)13-19(12-17)26(31,32)33/h6-7,10-13,15,22-23,34H,5,8-9,14H2,1-4H3. The average Bonchev–Trinajstić information content (AvgIpc) is 2.80. The van der Waals surface area contributed by atoms with Crippen molar-refractivity contribution in [2.75, 3.05) is 26.2 Å². The van der Waals surface area contributed by atoms with Gasteiger partial charge in [-0.25, -0.2) is 9.18 Å². The molecule has 1 heterocycles. The maximum absolute atomic E-state index is 13.9. The molecular weight excluding hydrogens is 503 g/mol. The number of carbonyl (C=O) groups excluding carboxylic acids is 1. The second-order valence-electron chi connectivity index (χ2n) is 9.51. The van der Waals surface area contributed by atoms with Crippen molar-refractivity contribution >= 4 is 6.03 Å². The van der Waals surface area contributed by atoms with Crippen LogP contribution in [0.25, 0.3) is 0 Å². The molecule has 0 radical (unpaired) electrons. The Morgan fingerprint density at radius 3 is 2.14 bits per heavy atom. The molecule has 1 aliphatic heterocycles. The Kier molecular flexibility index (Phi) is 8.46. The van der Waals surface area contributed by atoms with E-state index < -0.39 is 53.3 Å². The molecule has 2 atom stereocenters. The molecule has 204 valence electrons. The summed E-state index contributed by atoms with van der Waals surface area (Å²) in [6.45, 7) is 7.77. The normalized spacial score (nSPS) is 17.7. The van der Waals surface area contributed by atoms with Gasteiger partial charge in [-0.15, -0.1) is 0 Å². The molecule has 1 aliphatic rings. The number of alkyl halides is 6. The molecule has 0 aliphatic carbocycles. The number of hydrogen-bond donors (Lipinski definition) is 1. The van der Waals surface area contributed by atoms with Crippen molar-refractivity contribution in [1.82, 2.24) is 15.1 Å². The third-order valence-corrected chi connectivity index (χ3v) is 6.59. The van der Waals surface area contributed by atoms with E-state index in [9.17, 15) is 35.5 Å². The van der Waals surface area contributed by atoms with Gasteiger partial charge < -0.3 is 15.1 Å². The highest BCUT2D eigenvalue weighted by atomic mass is 19.4. The summed E-state index contributed by atoms with van der Waals surface area (Å²) in [5.41, 5.74) is -1.75. The van der Waals surface area contributed by atoms with Crippen LogP contribution in [0.4, 0.5) is 35.5 Å². The molecule has 4 nitrogen and oxygen atoms in total. The van der Waals surface area contributed by atoms with Gasteiger partial charge in [0.05, 0.1) is 23.2 Å². The number of amides is 2. The molecule has 2 aromatic carbocycles. The van der Waals surface area contributed by atoms with E-state index in [4.69, 9.17) is 0 Å². The largest absolute Gasteiger partial charge is 0.416 e. The minimum Gasteiger partial charge on any atom is -0.318 e. The minimum absolute atomic E-state index is 0.0539. The molecule has 2 unspecified atom stereocenters. The third-order valence-electron chi connectivity index (χ3n) is 6.59. The Morgan fingerprint density at radius 1 is 1.05 bits per heavy atom. The van der Waals surface area contributed by atoms with Crippen molar-refractivity contribution in [3.05, 3.63) is 70.0 Å². The van der Waals surface area contributed by atoms with Crippen molar-refractivity contribution in [2.24, 2.45) is 5.92 Å². The number of halogens is 7. The predicted octanol–water partition coefficient (Wildman–Crippen LogP) is 6.96. The second-order valence-corrected chi connectivity index (χ2v) is 9.51. The molecule has 37 heavy (non-hydrogen) atoms. The lowest BCUT2D eigenvalue weighted by Gasteiger charge is -2.43. The zero-order chi connectivity index (χ0) is 27.7. The molecule has 3 rings (SSSR count). The number of nitrogens with one attached hydrogen (secondary N) is 1. The summed E-state index contributed by atoms with van der Waals surface area (Å²) in [4.78, 5) is 16.7. The first-order valence-corrected chi connectivity index (χ1v) is 12.0. The summed E-state index contributed by atoms with van der Waals surface area (Å²) < 4.78 is 95.0. The van der Waals surface area contributed by atoms with Gasteiger partial charge in [0.15, 0.2) is 0 Å². The Balaban J connectivity index is 2.08. The average molecular weight is 534 g/mol. The van der Waals surface area contributed by atoms with Crippen LogP contribution in [-0.4, -0.2) is 42.0 Å². The van der Waals surface area contributed by atoms with Crippen molar-refractivity contribution < 1.29 is 35.5 Å². The first-order chi connectivity index (χ1) is 17.1. The maximum Gasteiger partial charge on any atom is 0.416 e. The fourth-order valence-corrected chi connectivity index (χ4v) is 4.91. The number of nitrogens with zero attached hydrogens (tertiary/aromatic N) is 2. The molecule has 2 amide bonds. The predicted molar refractivity (Wildman–Crippen MR) is 125 cm³/mol. The van der Waals surface area contributed by atoms with E-state index in [2.05, 4.69) is 5.32 Å². The molecule has 0 aromatic heterocycles. The summed E-state index contributed by atoms with van der Waals surface area (Å²) >= 11 is 0. The fourth-order valence-electron chi connectivity index (χ4n) is 4.91. The molecule has 2 aromatic rings. The van der Waals surface area contributed by atoms with Gasteiger partial charge in [0.25, 0.3) is 0 Å². The number of carbonyl (C=O) groups is 1. The molecule has 1 saturated heterocycles. The van der Waals surface area contributed by atoms with Crippen molar-refractivity contribution in [3.8, 4) is 0 Å². The van der Waals surface area contributed by atoms with Crippen LogP contribution in [0.5, 0.6) is 0 Å². The van der Waals surface area contributed by atoms with Crippen molar-refractivity contribution in [3.63, 3.8) is 0 Å². The Hall–Kier alpha value is -2.82. The van der Waals surface area contributed by atoms with Gasteiger partial charge in [-0.1, -0.05) is 19.9 Å². The Morgan fingerprint density at radius 2 is 1.65 bits per heavy atom. The summed E-state index contributed by atoms with van der Waals surface area (Å²) in [6, 6.07) is 3.63.